The molecule has 1 atom stereocenters. The monoisotopic (exact) mass is 392 g/mol. The SMILES string of the molecule is O=C(NC1CCCc2c1[nH]c1ccc(Cl)cc21)c1cc2ccccc2oc1=O. The van der Waals surface area contributed by atoms with Crippen LogP contribution in [0.4, 0.5) is 0 Å². The number of para-hydroxylation sites is 1. The van der Waals surface area contributed by atoms with Gasteiger partial charge < -0.3 is 14.7 Å². The van der Waals surface area contributed by atoms with E-state index in [2.05, 4.69) is 10.3 Å². The quantitative estimate of drug-likeness (QED) is 0.484. The molecular formula is C22H17ClN2O3. The fraction of sp³-hybridized carbons (Fsp3) is 0.182. The molecule has 0 saturated heterocycles. The molecule has 2 aromatic heterocycles. The first kappa shape index (κ1) is 17.1. The average molecular weight is 393 g/mol. The van der Waals surface area contributed by atoms with Gasteiger partial charge in [-0.05, 0) is 55.2 Å². The standard InChI is InChI=1S/C22H17ClN2O3/c23-13-8-9-17-15(11-13)14-5-3-6-18(20(14)24-17)25-21(26)16-10-12-4-1-2-7-19(12)28-22(16)27/h1-2,4,7-11,18,24H,3,5-6H2,(H,25,26). The Morgan fingerprint density at radius 1 is 1.18 bits per heavy atom. The van der Waals surface area contributed by atoms with Crippen LogP contribution < -0.4 is 10.9 Å². The van der Waals surface area contributed by atoms with Gasteiger partial charge in [0.05, 0.1) is 6.04 Å². The number of hydrogen-bond donors (Lipinski definition) is 2. The molecule has 2 aromatic carbocycles. The number of fused-ring (bicyclic) bond motifs is 4. The summed E-state index contributed by atoms with van der Waals surface area (Å²) in [6.45, 7) is 0. The number of rotatable bonds is 2. The molecule has 4 aromatic rings. The summed E-state index contributed by atoms with van der Waals surface area (Å²) in [6, 6.07) is 14.3. The number of hydrogen-bond acceptors (Lipinski definition) is 3. The van der Waals surface area contributed by atoms with Crippen molar-refractivity contribution in [2.24, 2.45) is 0 Å². The third-order valence-corrected chi connectivity index (χ3v) is 5.60. The van der Waals surface area contributed by atoms with E-state index in [1.165, 1.54) is 5.56 Å². The second-order valence-electron chi connectivity index (χ2n) is 7.11. The van der Waals surface area contributed by atoms with Gasteiger partial charge in [-0.1, -0.05) is 29.8 Å². The Kier molecular flexibility index (Phi) is 3.98. The van der Waals surface area contributed by atoms with Crippen LogP contribution in [-0.2, 0) is 6.42 Å². The first-order valence-electron chi connectivity index (χ1n) is 9.24. The van der Waals surface area contributed by atoms with Gasteiger partial charge in [-0.3, -0.25) is 4.79 Å². The van der Waals surface area contributed by atoms with E-state index in [9.17, 15) is 9.59 Å². The molecule has 5 rings (SSSR count). The number of aryl methyl sites for hydroxylation is 1. The summed E-state index contributed by atoms with van der Waals surface area (Å²) in [6.07, 6.45) is 2.68. The zero-order chi connectivity index (χ0) is 19.3. The molecule has 0 spiro atoms. The van der Waals surface area contributed by atoms with Crippen molar-refractivity contribution in [2.75, 3.05) is 0 Å². The van der Waals surface area contributed by atoms with E-state index in [-0.39, 0.29) is 11.6 Å². The maximum absolute atomic E-state index is 12.9. The number of amides is 1. The molecule has 0 bridgehead atoms. The van der Waals surface area contributed by atoms with Crippen LogP contribution in [0.25, 0.3) is 21.9 Å². The van der Waals surface area contributed by atoms with Gasteiger partial charge in [0.2, 0.25) is 0 Å². The smallest absolute Gasteiger partial charge is 0.349 e. The zero-order valence-corrected chi connectivity index (χ0v) is 15.7. The maximum atomic E-state index is 12.9. The summed E-state index contributed by atoms with van der Waals surface area (Å²) in [7, 11) is 0. The van der Waals surface area contributed by atoms with Crippen molar-refractivity contribution in [2.45, 2.75) is 25.3 Å². The number of nitrogens with one attached hydrogen (secondary N) is 2. The molecule has 0 fully saturated rings. The van der Waals surface area contributed by atoms with Gasteiger partial charge in [-0.15, -0.1) is 0 Å². The lowest BCUT2D eigenvalue weighted by Gasteiger charge is -2.23. The average Bonchev–Trinajstić information content (AvgIpc) is 3.06. The van der Waals surface area contributed by atoms with E-state index in [1.807, 2.05) is 30.3 Å². The van der Waals surface area contributed by atoms with Crippen LogP contribution in [0.2, 0.25) is 5.02 Å². The van der Waals surface area contributed by atoms with Crippen LogP contribution in [0.5, 0.6) is 0 Å². The zero-order valence-electron chi connectivity index (χ0n) is 14.9. The topological polar surface area (TPSA) is 75.1 Å². The fourth-order valence-electron chi connectivity index (χ4n) is 4.04. The third kappa shape index (κ3) is 2.79. The van der Waals surface area contributed by atoms with Crippen LogP contribution in [0.3, 0.4) is 0 Å². The summed E-state index contributed by atoms with van der Waals surface area (Å²) < 4.78 is 5.29. The number of aromatic amines is 1. The van der Waals surface area contributed by atoms with Crippen LogP contribution in [0.1, 0.15) is 40.5 Å². The Balaban J connectivity index is 1.51. The van der Waals surface area contributed by atoms with Crippen LogP contribution in [0.15, 0.2) is 57.7 Å². The Labute approximate surface area is 165 Å². The highest BCUT2D eigenvalue weighted by Crippen LogP contribution is 2.35. The predicted octanol–water partition coefficient (Wildman–Crippen LogP) is 4.74. The molecule has 0 radical (unpaired) electrons. The predicted molar refractivity (Wildman–Crippen MR) is 109 cm³/mol. The van der Waals surface area contributed by atoms with Crippen LogP contribution in [-0.4, -0.2) is 10.9 Å². The lowest BCUT2D eigenvalue weighted by Crippen LogP contribution is -2.33. The molecule has 0 aliphatic heterocycles. The third-order valence-electron chi connectivity index (χ3n) is 5.36. The van der Waals surface area contributed by atoms with Gasteiger partial charge in [0.15, 0.2) is 0 Å². The number of benzene rings is 2. The molecule has 5 nitrogen and oxygen atoms in total. The molecule has 0 saturated carbocycles. The van der Waals surface area contributed by atoms with Crippen molar-refractivity contribution >= 4 is 39.4 Å². The van der Waals surface area contributed by atoms with E-state index in [1.54, 1.807) is 18.2 Å². The lowest BCUT2D eigenvalue weighted by atomic mass is 9.91. The molecule has 28 heavy (non-hydrogen) atoms. The fourth-order valence-corrected chi connectivity index (χ4v) is 4.21. The van der Waals surface area contributed by atoms with Crippen molar-refractivity contribution in [1.29, 1.82) is 0 Å². The Bertz CT molecular complexity index is 1290. The van der Waals surface area contributed by atoms with E-state index >= 15 is 0 Å². The van der Waals surface area contributed by atoms with Crippen LogP contribution in [0, 0.1) is 0 Å². The Hall–Kier alpha value is -3.05. The van der Waals surface area contributed by atoms with Gasteiger partial charge in [0, 0.05) is 27.0 Å². The van der Waals surface area contributed by atoms with Gasteiger partial charge in [0.25, 0.3) is 5.91 Å². The van der Waals surface area contributed by atoms with Gasteiger partial charge >= 0.3 is 5.63 Å². The number of carbonyl (C=O) groups is 1. The van der Waals surface area contributed by atoms with Crippen molar-refractivity contribution in [1.82, 2.24) is 10.3 Å². The summed E-state index contributed by atoms with van der Waals surface area (Å²) in [4.78, 5) is 28.6. The van der Waals surface area contributed by atoms with Crippen molar-refractivity contribution in [3.63, 3.8) is 0 Å². The number of H-pyrrole nitrogens is 1. The highest BCUT2D eigenvalue weighted by molar-refractivity contribution is 6.31. The van der Waals surface area contributed by atoms with E-state index < -0.39 is 11.5 Å². The lowest BCUT2D eigenvalue weighted by molar-refractivity contribution is 0.0928. The van der Waals surface area contributed by atoms with Crippen molar-refractivity contribution in [3.8, 4) is 0 Å². The Morgan fingerprint density at radius 2 is 2.04 bits per heavy atom. The minimum Gasteiger partial charge on any atom is -0.422 e. The highest BCUT2D eigenvalue weighted by Gasteiger charge is 2.27. The second kappa shape index (κ2) is 6.53. The van der Waals surface area contributed by atoms with Gasteiger partial charge in [-0.2, -0.15) is 0 Å². The molecule has 1 unspecified atom stereocenters. The molecule has 2 heterocycles. The number of aromatic nitrogens is 1. The molecule has 1 aliphatic rings. The summed E-state index contributed by atoms with van der Waals surface area (Å²) in [5.74, 6) is -0.422. The number of halogens is 1. The summed E-state index contributed by atoms with van der Waals surface area (Å²) in [5.41, 5.74) is 3.03. The largest absolute Gasteiger partial charge is 0.422 e. The van der Waals surface area contributed by atoms with Gasteiger partial charge in [0.1, 0.15) is 11.1 Å². The van der Waals surface area contributed by atoms with Crippen molar-refractivity contribution < 1.29 is 9.21 Å². The molecule has 1 amide bonds. The second-order valence-corrected chi connectivity index (χ2v) is 7.55. The van der Waals surface area contributed by atoms with Crippen LogP contribution >= 0.6 is 11.6 Å². The van der Waals surface area contributed by atoms with Gasteiger partial charge in [-0.25, -0.2) is 4.79 Å². The Morgan fingerprint density at radius 3 is 2.93 bits per heavy atom. The molecule has 2 N–H and O–H groups in total. The minimum absolute atomic E-state index is 0.0185. The molecule has 1 aliphatic carbocycles. The summed E-state index contributed by atoms with van der Waals surface area (Å²) in [5, 5.41) is 5.51. The van der Waals surface area contributed by atoms with E-state index in [0.717, 1.165) is 41.2 Å². The summed E-state index contributed by atoms with van der Waals surface area (Å²) >= 11 is 6.16. The molecular weight excluding hydrogens is 376 g/mol. The van der Waals surface area contributed by atoms with E-state index in [0.29, 0.717) is 10.6 Å². The maximum Gasteiger partial charge on any atom is 0.349 e. The van der Waals surface area contributed by atoms with E-state index in [4.69, 9.17) is 16.0 Å². The number of carbonyl (C=O) groups excluding carboxylic acids is 1. The molecule has 140 valence electrons. The highest BCUT2D eigenvalue weighted by atomic mass is 35.5. The normalized spacial score (nSPS) is 16.2. The first-order chi connectivity index (χ1) is 13.6. The minimum atomic E-state index is -0.629. The molecule has 6 heteroatoms. The van der Waals surface area contributed by atoms with Crippen molar-refractivity contribution in [3.05, 3.63) is 80.8 Å². The first-order valence-corrected chi connectivity index (χ1v) is 9.62.